The summed E-state index contributed by atoms with van der Waals surface area (Å²) < 4.78 is 48.8. The Kier molecular flexibility index (Phi) is 9.76. The maximum atomic E-state index is 14.6. The zero-order valence-electron chi connectivity index (χ0n) is 18.8. The van der Waals surface area contributed by atoms with E-state index in [4.69, 9.17) is 16.3 Å². The average molecular weight is 540 g/mol. The first-order chi connectivity index (χ1) is 16.7. The van der Waals surface area contributed by atoms with E-state index in [0.29, 0.717) is 12.4 Å². The molecule has 6 nitrogen and oxygen atoms in total. The molecule has 0 aliphatic heterocycles. The first-order valence-electron chi connectivity index (χ1n) is 10.6. The number of carbonyl (C=O) groups is 1. The van der Waals surface area contributed by atoms with Crippen LogP contribution in [0.4, 0.5) is 14.6 Å². The standard InChI is InChI=1S/C22H19ClF2N2O2S2.C2H5NO/c23-18-9-21(31(28)27-22-12-30-13-26-22)19(25)10-20(18)29-11-15-3-1-2-4-17(15)14-5-7-16(24)8-6-14;1-2(3)4/h4-10,12-13,15,27H,1-3,11H2;1H3,(H2,3,4). The van der Waals surface area contributed by atoms with Crippen LogP contribution in [0.15, 0.2) is 58.3 Å². The maximum Gasteiger partial charge on any atom is 0.214 e. The molecule has 3 aromatic rings. The van der Waals surface area contributed by atoms with Crippen LogP contribution >= 0.6 is 22.9 Å². The highest BCUT2D eigenvalue weighted by Crippen LogP contribution is 2.35. The van der Waals surface area contributed by atoms with Crippen molar-refractivity contribution in [3.8, 4) is 5.75 Å². The Morgan fingerprint density at radius 2 is 2.03 bits per heavy atom. The maximum absolute atomic E-state index is 14.6. The Labute approximate surface area is 213 Å². The molecule has 0 spiro atoms. The largest absolute Gasteiger partial charge is 0.491 e. The lowest BCUT2D eigenvalue weighted by molar-refractivity contribution is -0.115. The minimum atomic E-state index is -1.84. The smallest absolute Gasteiger partial charge is 0.214 e. The summed E-state index contributed by atoms with van der Waals surface area (Å²) in [7, 11) is -1.84. The molecule has 0 radical (unpaired) electrons. The number of ether oxygens (including phenoxy) is 1. The van der Waals surface area contributed by atoms with Crippen LogP contribution in [0, 0.1) is 17.6 Å². The highest BCUT2D eigenvalue weighted by molar-refractivity contribution is 7.86. The van der Waals surface area contributed by atoms with Gasteiger partial charge >= 0.3 is 0 Å². The molecule has 2 aromatic carbocycles. The van der Waals surface area contributed by atoms with Crippen LogP contribution in [0.3, 0.4) is 0 Å². The highest BCUT2D eigenvalue weighted by Gasteiger charge is 2.22. The van der Waals surface area contributed by atoms with Crippen molar-refractivity contribution in [3.05, 3.63) is 75.6 Å². The zero-order valence-corrected chi connectivity index (χ0v) is 21.2. The Balaban J connectivity index is 0.000000795. The van der Waals surface area contributed by atoms with E-state index in [9.17, 15) is 17.8 Å². The summed E-state index contributed by atoms with van der Waals surface area (Å²) >= 11 is 7.63. The number of nitrogens with one attached hydrogen (secondary N) is 1. The van der Waals surface area contributed by atoms with E-state index in [1.165, 1.54) is 36.5 Å². The average Bonchev–Trinajstić information content (AvgIpc) is 3.33. The van der Waals surface area contributed by atoms with Crippen molar-refractivity contribution in [1.82, 2.24) is 4.98 Å². The minimum Gasteiger partial charge on any atom is -0.491 e. The third kappa shape index (κ3) is 7.84. The van der Waals surface area contributed by atoms with Gasteiger partial charge in [-0.2, -0.15) is 0 Å². The second kappa shape index (κ2) is 12.8. The number of nitrogens with two attached hydrogens (primary N) is 1. The fraction of sp³-hybridized carbons (Fsp3) is 0.250. The quantitative estimate of drug-likeness (QED) is 0.387. The number of amides is 1. The SMILES string of the molecule is CC(N)=O.O=S(Nc1cscn1)c1cc(Cl)c(OCC2CCCC=C2c2ccc(F)cc2)cc1F. The third-order valence-corrected chi connectivity index (χ3v) is 6.98. The van der Waals surface area contributed by atoms with Gasteiger partial charge < -0.3 is 10.5 Å². The van der Waals surface area contributed by atoms with Gasteiger partial charge in [0.1, 0.15) is 23.2 Å². The number of carbonyl (C=O) groups excluding carboxylic acids is 1. The van der Waals surface area contributed by atoms with Crippen LogP contribution in [-0.4, -0.2) is 21.7 Å². The summed E-state index contributed by atoms with van der Waals surface area (Å²) in [5.41, 5.74) is 8.10. The fourth-order valence-corrected chi connectivity index (χ4v) is 5.19. The van der Waals surface area contributed by atoms with E-state index in [1.807, 2.05) is 0 Å². The molecule has 1 heterocycles. The molecule has 0 fully saturated rings. The van der Waals surface area contributed by atoms with Gasteiger partial charge in [0, 0.05) is 24.3 Å². The Bertz CT molecular complexity index is 1200. The van der Waals surface area contributed by atoms with Gasteiger partial charge in [0.05, 0.1) is 22.0 Å². The summed E-state index contributed by atoms with van der Waals surface area (Å²) in [6.45, 7) is 1.61. The van der Waals surface area contributed by atoms with E-state index >= 15 is 0 Å². The fourth-order valence-electron chi connectivity index (χ4n) is 3.48. The van der Waals surface area contributed by atoms with Crippen molar-refractivity contribution in [2.75, 3.05) is 11.3 Å². The van der Waals surface area contributed by atoms with Crippen molar-refractivity contribution >= 4 is 51.2 Å². The molecule has 1 aliphatic carbocycles. The molecule has 3 N–H and O–H groups in total. The van der Waals surface area contributed by atoms with E-state index in [2.05, 4.69) is 21.5 Å². The number of primary amides is 1. The van der Waals surface area contributed by atoms with Gasteiger partial charge in [-0.1, -0.05) is 29.8 Å². The van der Waals surface area contributed by atoms with Gasteiger partial charge in [0.2, 0.25) is 5.91 Å². The Morgan fingerprint density at radius 1 is 1.31 bits per heavy atom. The lowest BCUT2D eigenvalue weighted by Gasteiger charge is -2.25. The minimum absolute atomic E-state index is 0.0742. The van der Waals surface area contributed by atoms with Crippen LogP contribution in [0.2, 0.25) is 5.02 Å². The molecule has 2 unspecified atom stereocenters. The summed E-state index contributed by atoms with van der Waals surface area (Å²) in [6.07, 6.45) is 5.01. The predicted octanol–water partition coefficient (Wildman–Crippen LogP) is 5.96. The van der Waals surface area contributed by atoms with Crippen LogP contribution in [-0.2, 0) is 15.8 Å². The monoisotopic (exact) mass is 539 g/mol. The van der Waals surface area contributed by atoms with E-state index < -0.39 is 16.8 Å². The van der Waals surface area contributed by atoms with Crippen LogP contribution in [0.25, 0.3) is 5.57 Å². The first kappa shape index (κ1) is 26.8. The van der Waals surface area contributed by atoms with E-state index in [1.54, 1.807) is 23.0 Å². The Morgan fingerprint density at radius 3 is 2.69 bits per heavy atom. The molecule has 2 atom stereocenters. The van der Waals surface area contributed by atoms with Crippen molar-refractivity contribution < 1.29 is 22.5 Å². The second-order valence-corrected chi connectivity index (χ2v) is 9.98. The van der Waals surface area contributed by atoms with Gasteiger partial charge in [-0.05, 0) is 48.6 Å². The number of thiazole rings is 1. The highest BCUT2D eigenvalue weighted by atomic mass is 35.5. The molecule has 186 valence electrons. The number of nitrogens with zero attached hydrogens (tertiary/aromatic N) is 1. The van der Waals surface area contributed by atoms with Crippen LogP contribution < -0.4 is 15.2 Å². The molecular formula is C24H24ClF2N3O3S2. The van der Waals surface area contributed by atoms with Crippen molar-refractivity contribution in [2.24, 2.45) is 11.7 Å². The topological polar surface area (TPSA) is 94.3 Å². The molecule has 0 bridgehead atoms. The predicted molar refractivity (Wildman–Crippen MR) is 136 cm³/mol. The third-order valence-electron chi connectivity index (χ3n) is 4.99. The molecule has 0 saturated heterocycles. The second-order valence-electron chi connectivity index (χ2n) is 7.67. The van der Waals surface area contributed by atoms with Gasteiger partial charge in [0.15, 0.2) is 11.0 Å². The van der Waals surface area contributed by atoms with E-state index in [0.717, 1.165) is 36.5 Å². The molecule has 1 amide bonds. The Hall–Kier alpha value is -2.82. The number of anilines is 1. The normalized spacial score (nSPS) is 15.9. The first-order valence-corrected chi connectivity index (χ1v) is 13.1. The lowest BCUT2D eigenvalue weighted by atomic mass is 9.84. The van der Waals surface area contributed by atoms with Crippen LogP contribution in [0.5, 0.6) is 5.75 Å². The molecule has 0 saturated carbocycles. The van der Waals surface area contributed by atoms with E-state index in [-0.39, 0.29) is 33.3 Å². The number of hydrogen-bond acceptors (Lipinski definition) is 5. The molecule has 1 aliphatic rings. The van der Waals surface area contributed by atoms with Gasteiger partial charge in [-0.25, -0.2) is 18.0 Å². The number of aromatic nitrogens is 1. The molecule has 11 heteroatoms. The van der Waals surface area contributed by atoms with Gasteiger partial charge in [0.25, 0.3) is 0 Å². The zero-order chi connectivity index (χ0) is 25.4. The molecular weight excluding hydrogens is 516 g/mol. The molecule has 1 aromatic heterocycles. The van der Waals surface area contributed by atoms with Crippen LogP contribution in [0.1, 0.15) is 31.7 Å². The number of halogens is 3. The summed E-state index contributed by atoms with van der Waals surface area (Å²) in [6, 6.07) is 8.85. The number of benzene rings is 2. The summed E-state index contributed by atoms with van der Waals surface area (Å²) in [5, 5.41) is 1.85. The molecule has 4 rings (SSSR count). The summed E-state index contributed by atoms with van der Waals surface area (Å²) in [5.74, 6) is -0.622. The summed E-state index contributed by atoms with van der Waals surface area (Å²) in [4.78, 5) is 13.1. The van der Waals surface area contributed by atoms with Crippen molar-refractivity contribution in [2.45, 2.75) is 31.1 Å². The number of allylic oxidation sites excluding steroid dienone is 1. The van der Waals surface area contributed by atoms with Gasteiger partial charge in [-0.15, -0.1) is 11.3 Å². The molecule has 35 heavy (non-hydrogen) atoms. The number of rotatable bonds is 7. The lowest BCUT2D eigenvalue weighted by Crippen LogP contribution is -2.17. The van der Waals surface area contributed by atoms with Gasteiger partial charge in [-0.3, -0.25) is 9.52 Å². The van der Waals surface area contributed by atoms with Crippen molar-refractivity contribution in [1.29, 1.82) is 0 Å². The number of hydrogen-bond donors (Lipinski definition) is 2. The van der Waals surface area contributed by atoms with Crippen molar-refractivity contribution in [3.63, 3.8) is 0 Å².